The molecule has 0 aliphatic carbocycles. The van der Waals surface area contributed by atoms with E-state index in [0.29, 0.717) is 6.04 Å². The number of benzene rings is 1. The number of likely N-dealkylation sites (N-methyl/N-ethyl adjacent to an activating group) is 1. The molecule has 5 heteroatoms. The molecule has 0 radical (unpaired) electrons. The molecule has 0 fully saturated rings. The Morgan fingerprint density at radius 2 is 2.05 bits per heavy atom. The Hall–Kier alpha value is -1.03. The summed E-state index contributed by atoms with van der Waals surface area (Å²) in [5.41, 5.74) is 3.15. The molecule has 1 atom stereocenters. The highest BCUT2D eigenvalue weighted by atomic mass is 35.5. The van der Waals surface area contributed by atoms with E-state index in [-0.39, 0.29) is 0 Å². The smallest absolute Gasteiger partial charge is 0.0847 e. The van der Waals surface area contributed by atoms with E-state index < -0.39 is 0 Å². The van der Waals surface area contributed by atoms with Crippen LogP contribution in [-0.2, 0) is 19.9 Å². The predicted octanol–water partition coefficient (Wildman–Crippen LogP) is 3.41. The minimum Gasteiger partial charge on any atom is -0.316 e. The number of aryl methyl sites for hydroxylation is 2. The molecular weight excluding hydrogens is 293 g/mol. The first-order valence-electron chi connectivity index (χ1n) is 6.61. The Bertz CT molecular complexity index is 593. The highest BCUT2D eigenvalue weighted by Gasteiger charge is 2.16. The van der Waals surface area contributed by atoms with Crippen molar-refractivity contribution < 1.29 is 0 Å². The van der Waals surface area contributed by atoms with Gasteiger partial charge in [0.15, 0.2) is 0 Å². The average Bonchev–Trinajstić information content (AvgIpc) is 2.64. The maximum atomic E-state index is 6.31. The van der Waals surface area contributed by atoms with E-state index in [1.807, 2.05) is 43.9 Å². The minimum absolute atomic E-state index is 0.292. The quantitative estimate of drug-likeness (QED) is 0.917. The van der Waals surface area contributed by atoms with E-state index in [1.165, 1.54) is 5.56 Å². The summed E-state index contributed by atoms with van der Waals surface area (Å²) in [5, 5.41) is 9.23. The fraction of sp³-hybridized carbons (Fsp3) is 0.400. The maximum Gasteiger partial charge on any atom is 0.0847 e. The van der Waals surface area contributed by atoms with Crippen LogP contribution >= 0.6 is 23.2 Å². The first kappa shape index (κ1) is 15.4. The summed E-state index contributed by atoms with van der Waals surface area (Å²) in [6.07, 6.45) is 1.73. The second kappa shape index (κ2) is 6.61. The third kappa shape index (κ3) is 3.54. The van der Waals surface area contributed by atoms with Gasteiger partial charge in [-0.05, 0) is 38.1 Å². The summed E-state index contributed by atoms with van der Waals surface area (Å²) in [5.74, 6) is 0. The second-order valence-electron chi connectivity index (χ2n) is 4.99. The van der Waals surface area contributed by atoms with Gasteiger partial charge in [-0.15, -0.1) is 0 Å². The molecule has 1 aromatic heterocycles. The molecule has 108 valence electrons. The molecule has 0 saturated heterocycles. The molecule has 20 heavy (non-hydrogen) atoms. The average molecular weight is 312 g/mol. The van der Waals surface area contributed by atoms with Crippen molar-refractivity contribution in [1.82, 2.24) is 15.1 Å². The Morgan fingerprint density at radius 3 is 2.60 bits per heavy atom. The maximum absolute atomic E-state index is 6.31. The van der Waals surface area contributed by atoms with Crippen LogP contribution in [0.5, 0.6) is 0 Å². The summed E-state index contributed by atoms with van der Waals surface area (Å²) in [6, 6.07) is 8.25. The highest BCUT2D eigenvalue weighted by molar-refractivity contribution is 6.31. The summed E-state index contributed by atoms with van der Waals surface area (Å²) < 4.78 is 1.86. The van der Waals surface area contributed by atoms with Gasteiger partial charge in [-0.3, -0.25) is 4.68 Å². The van der Waals surface area contributed by atoms with Crippen LogP contribution in [0, 0.1) is 6.92 Å². The zero-order valence-corrected chi connectivity index (χ0v) is 13.5. The van der Waals surface area contributed by atoms with Crippen LogP contribution in [0.4, 0.5) is 0 Å². The molecule has 2 aromatic rings. The number of hydrogen-bond acceptors (Lipinski definition) is 2. The largest absolute Gasteiger partial charge is 0.316 e. The lowest BCUT2D eigenvalue weighted by atomic mass is 10.0. The van der Waals surface area contributed by atoms with Crippen molar-refractivity contribution in [2.75, 3.05) is 7.05 Å². The Morgan fingerprint density at radius 1 is 1.30 bits per heavy atom. The molecule has 1 aromatic carbocycles. The van der Waals surface area contributed by atoms with E-state index in [4.69, 9.17) is 23.2 Å². The highest BCUT2D eigenvalue weighted by Crippen LogP contribution is 2.22. The van der Waals surface area contributed by atoms with Crippen molar-refractivity contribution in [3.8, 4) is 0 Å². The third-order valence-electron chi connectivity index (χ3n) is 3.48. The van der Waals surface area contributed by atoms with Crippen LogP contribution in [0.15, 0.2) is 24.3 Å². The van der Waals surface area contributed by atoms with Crippen molar-refractivity contribution >= 4 is 23.2 Å². The van der Waals surface area contributed by atoms with Gasteiger partial charge in [0.25, 0.3) is 0 Å². The molecule has 0 spiro atoms. The van der Waals surface area contributed by atoms with Crippen molar-refractivity contribution in [3.63, 3.8) is 0 Å². The summed E-state index contributed by atoms with van der Waals surface area (Å²) >= 11 is 12.3. The predicted molar refractivity (Wildman–Crippen MR) is 84.7 cm³/mol. The molecule has 0 bridgehead atoms. The SMILES string of the molecule is CNC(Cc1cccc(Cl)c1)Cc1c(Cl)c(C)nn1C. The topological polar surface area (TPSA) is 29.9 Å². The lowest BCUT2D eigenvalue weighted by Crippen LogP contribution is -2.30. The minimum atomic E-state index is 0.292. The van der Waals surface area contributed by atoms with Crippen LogP contribution in [-0.4, -0.2) is 22.9 Å². The van der Waals surface area contributed by atoms with Gasteiger partial charge in [0.2, 0.25) is 0 Å². The normalized spacial score (nSPS) is 12.7. The fourth-order valence-electron chi connectivity index (χ4n) is 2.36. The molecule has 3 nitrogen and oxygen atoms in total. The number of nitrogens with zero attached hydrogens (tertiary/aromatic N) is 2. The molecule has 1 unspecified atom stereocenters. The lowest BCUT2D eigenvalue weighted by Gasteiger charge is -2.17. The van der Waals surface area contributed by atoms with E-state index in [1.54, 1.807) is 0 Å². The number of nitrogens with one attached hydrogen (secondary N) is 1. The van der Waals surface area contributed by atoms with Crippen LogP contribution in [0.3, 0.4) is 0 Å². The Labute approximate surface area is 129 Å². The van der Waals surface area contributed by atoms with Crippen LogP contribution in [0.2, 0.25) is 10.0 Å². The van der Waals surface area contributed by atoms with E-state index in [9.17, 15) is 0 Å². The van der Waals surface area contributed by atoms with Gasteiger partial charge in [0.05, 0.1) is 16.4 Å². The van der Waals surface area contributed by atoms with Gasteiger partial charge in [-0.1, -0.05) is 35.3 Å². The lowest BCUT2D eigenvalue weighted by molar-refractivity contribution is 0.533. The number of hydrogen-bond donors (Lipinski definition) is 1. The van der Waals surface area contributed by atoms with Crippen molar-refractivity contribution in [2.45, 2.75) is 25.8 Å². The number of rotatable bonds is 5. The standard InChI is InChI=1S/C15H19Cl2N3/c1-10-15(17)14(20(3)19-10)9-13(18-2)8-11-5-4-6-12(16)7-11/h4-7,13,18H,8-9H2,1-3H3. The summed E-state index contributed by atoms with van der Waals surface area (Å²) in [4.78, 5) is 0. The first-order chi connectivity index (χ1) is 9.51. The summed E-state index contributed by atoms with van der Waals surface area (Å²) in [6.45, 7) is 1.93. The van der Waals surface area contributed by atoms with Gasteiger partial charge in [-0.2, -0.15) is 5.10 Å². The number of aromatic nitrogens is 2. The Kier molecular flexibility index (Phi) is 5.08. The van der Waals surface area contributed by atoms with Crippen molar-refractivity contribution in [3.05, 3.63) is 51.3 Å². The molecule has 1 heterocycles. The zero-order chi connectivity index (χ0) is 14.7. The monoisotopic (exact) mass is 311 g/mol. The molecule has 2 rings (SSSR count). The fourth-order valence-corrected chi connectivity index (χ4v) is 2.81. The Balaban J connectivity index is 2.13. The molecule has 0 aliphatic rings. The van der Waals surface area contributed by atoms with E-state index in [2.05, 4.69) is 16.5 Å². The molecule has 0 amide bonds. The van der Waals surface area contributed by atoms with Crippen LogP contribution in [0.25, 0.3) is 0 Å². The molecule has 0 aliphatic heterocycles. The van der Waals surface area contributed by atoms with Gasteiger partial charge in [0, 0.05) is 24.5 Å². The second-order valence-corrected chi connectivity index (χ2v) is 5.81. The number of halogens is 2. The van der Waals surface area contributed by atoms with Crippen molar-refractivity contribution in [2.24, 2.45) is 7.05 Å². The van der Waals surface area contributed by atoms with Gasteiger partial charge in [-0.25, -0.2) is 0 Å². The van der Waals surface area contributed by atoms with E-state index in [0.717, 1.165) is 34.3 Å². The van der Waals surface area contributed by atoms with Crippen LogP contribution in [0.1, 0.15) is 17.0 Å². The molecule has 1 N–H and O–H groups in total. The first-order valence-corrected chi connectivity index (χ1v) is 7.36. The molecular formula is C15H19Cl2N3. The van der Waals surface area contributed by atoms with E-state index >= 15 is 0 Å². The zero-order valence-electron chi connectivity index (χ0n) is 12.0. The van der Waals surface area contributed by atoms with Gasteiger partial charge in [0.1, 0.15) is 0 Å². The summed E-state index contributed by atoms with van der Waals surface area (Å²) in [7, 11) is 3.90. The van der Waals surface area contributed by atoms with Crippen molar-refractivity contribution in [1.29, 1.82) is 0 Å². The van der Waals surface area contributed by atoms with Gasteiger partial charge >= 0.3 is 0 Å². The molecule has 0 saturated carbocycles. The third-order valence-corrected chi connectivity index (χ3v) is 4.21. The van der Waals surface area contributed by atoms with Gasteiger partial charge < -0.3 is 5.32 Å². The van der Waals surface area contributed by atoms with Crippen LogP contribution < -0.4 is 5.32 Å².